The second-order valence-corrected chi connectivity index (χ2v) is 7.59. The zero-order valence-electron chi connectivity index (χ0n) is 16.9. The highest BCUT2D eigenvalue weighted by atomic mass is 32.1. The topological polar surface area (TPSA) is 115 Å². The Labute approximate surface area is 193 Å². The number of benzene rings is 2. The standard InChI is InChI=1S/C21H13F3N6O3S/c22-21(23,24)18-10-17(14-6-2-1-3-7-14)29(28-18)20-26-16(12-34-20)19(31)27-25-11-13-5-4-8-15(9-13)30(32)33/h1-12H,(H,27,31)/b25-11+. The van der Waals surface area contributed by atoms with Gasteiger partial charge in [0.2, 0.25) is 5.13 Å². The van der Waals surface area contributed by atoms with Gasteiger partial charge in [-0.25, -0.2) is 15.1 Å². The number of amides is 1. The lowest BCUT2D eigenvalue weighted by molar-refractivity contribution is -0.384. The summed E-state index contributed by atoms with van der Waals surface area (Å²) in [4.78, 5) is 26.7. The molecule has 2 heterocycles. The molecule has 0 fully saturated rings. The molecule has 0 saturated heterocycles. The SMILES string of the molecule is O=C(N/N=C/c1cccc([N+](=O)[O-])c1)c1csc(-n2nc(C(F)(F)F)cc2-c2ccccc2)n1. The van der Waals surface area contributed by atoms with Crippen molar-refractivity contribution in [3.05, 3.63) is 93.1 Å². The molecule has 0 unspecified atom stereocenters. The Balaban J connectivity index is 1.56. The molecular weight excluding hydrogens is 473 g/mol. The van der Waals surface area contributed by atoms with Crippen molar-refractivity contribution in [1.82, 2.24) is 20.2 Å². The van der Waals surface area contributed by atoms with E-state index in [1.54, 1.807) is 36.4 Å². The normalized spacial score (nSPS) is 11.6. The number of nitrogens with one attached hydrogen (secondary N) is 1. The fraction of sp³-hybridized carbons (Fsp3) is 0.0476. The minimum Gasteiger partial charge on any atom is -0.266 e. The summed E-state index contributed by atoms with van der Waals surface area (Å²) in [7, 11) is 0. The number of hydrazone groups is 1. The molecule has 1 amide bonds. The molecule has 0 atom stereocenters. The van der Waals surface area contributed by atoms with Crippen LogP contribution < -0.4 is 5.43 Å². The van der Waals surface area contributed by atoms with E-state index in [0.29, 0.717) is 11.1 Å². The number of halogens is 3. The quantitative estimate of drug-likeness (QED) is 0.241. The number of carbonyl (C=O) groups is 1. The highest BCUT2D eigenvalue weighted by Crippen LogP contribution is 2.33. The van der Waals surface area contributed by atoms with Crippen molar-refractivity contribution in [3.8, 4) is 16.4 Å². The second-order valence-electron chi connectivity index (χ2n) is 6.76. The van der Waals surface area contributed by atoms with Crippen LogP contribution in [0.4, 0.5) is 18.9 Å². The molecule has 0 aliphatic heterocycles. The van der Waals surface area contributed by atoms with Gasteiger partial charge in [0.05, 0.1) is 16.8 Å². The van der Waals surface area contributed by atoms with E-state index >= 15 is 0 Å². The Kier molecular flexibility index (Phi) is 6.19. The Morgan fingerprint density at radius 1 is 1.15 bits per heavy atom. The van der Waals surface area contributed by atoms with E-state index in [9.17, 15) is 28.1 Å². The number of aromatic nitrogens is 3. The first-order chi connectivity index (χ1) is 16.2. The monoisotopic (exact) mass is 486 g/mol. The summed E-state index contributed by atoms with van der Waals surface area (Å²) in [6.07, 6.45) is -3.44. The molecule has 0 saturated carbocycles. The Hall–Kier alpha value is -4.39. The van der Waals surface area contributed by atoms with Gasteiger partial charge in [0.25, 0.3) is 11.6 Å². The molecule has 4 aromatic rings. The summed E-state index contributed by atoms with van der Waals surface area (Å²) >= 11 is 0.933. The summed E-state index contributed by atoms with van der Waals surface area (Å²) in [5, 5.41) is 19.6. The van der Waals surface area contributed by atoms with E-state index in [2.05, 4.69) is 20.6 Å². The Bertz CT molecular complexity index is 1380. The third-order valence-electron chi connectivity index (χ3n) is 4.44. The molecule has 4 rings (SSSR count). The van der Waals surface area contributed by atoms with Crippen molar-refractivity contribution in [3.63, 3.8) is 0 Å². The number of thiazole rings is 1. The van der Waals surface area contributed by atoms with Crippen molar-refractivity contribution in [1.29, 1.82) is 0 Å². The number of hydrogen-bond acceptors (Lipinski definition) is 7. The van der Waals surface area contributed by atoms with Gasteiger partial charge in [-0.3, -0.25) is 14.9 Å². The minimum absolute atomic E-state index is 0.0576. The van der Waals surface area contributed by atoms with Crippen LogP contribution in [0.5, 0.6) is 0 Å². The summed E-state index contributed by atoms with van der Waals surface area (Å²) in [5.41, 5.74) is 1.97. The highest BCUT2D eigenvalue weighted by molar-refractivity contribution is 7.12. The lowest BCUT2D eigenvalue weighted by Gasteiger charge is -2.03. The van der Waals surface area contributed by atoms with Crippen LogP contribution in [0.2, 0.25) is 0 Å². The largest absolute Gasteiger partial charge is 0.435 e. The summed E-state index contributed by atoms with van der Waals surface area (Å²) in [6, 6.07) is 14.9. The molecule has 0 spiro atoms. The van der Waals surface area contributed by atoms with Crippen molar-refractivity contribution in [2.75, 3.05) is 0 Å². The maximum absolute atomic E-state index is 13.3. The number of nitrogens with zero attached hydrogens (tertiary/aromatic N) is 5. The lowest BCUT2D eigenvalue weighted by atomic mass is 10.1. The van der Waals surface area contributed by atoms with E-state index in [1.807, 2.05) is 0 Å². The van der Waals surface area contributed by atoms with Crippen LogP contribution in [0.1, 0.15) is 21.7 Å². The number of rotatable bonds is 6. The lowest BCUT2D eigenvalue weighted by Crippen LogP contribution is -2.18. The molecular formula is C21H13F3N6O3S. The van der Waals surface area contributed by atoms with Crippen molar-refractivity contribution >= 4 is 29.1 Å². The molecule has 1 N–H and O–H groups in total. The van der Waals surface area contributed by atoms with E-state index in [1.165, 1.54) is 29.8 Å². The number of hydrogen-bond donors (Lipinski definition) is 1. The second kappa shape index (κ2) is 9.23. The minimum atomic E-state index is -4.66. The van der Waals surface area contributed by atoms with Crippen molar-refractivity contribution < 1.29 is 22.9 Å². The first-order valence-electron chi connectivity index (χ1n) is 9.49. The number of carbonyl (C=O) groups excluding carboxylic acids is 1. The Morgan fingerprint density at radius 3 is 2.62 bits per heavy atom. The number of non-ortho nitro benzene ring substituents is 1. The zero-order chi connectivity index (χ0) is 24.3. The van der Waals surface area contributed by atoms with Crippen LogP contribution in [0.25, 0.3) is 16.4 Å². The molecule has 0 aliphatic rings. The molecule has 34 heavy (non-hydrogen) atoms. The zero-order valence-corrected chi connectivity index (χ0v) is 17.7. The van der Waals surface area contributed by atoms with Gasteiger partial charge in [-0.15, -0.1) is 11.3 Å². The summed E-state index contributed by atoms with van der Waals surface area (Å²) in [5.74, 6) is -0.714. The van der Waals surface area contributed by atoms with Gasteiger partial charge in [-0.1, -0.05) is 42.5 Å². The molecule has 13 heteroatoms. The van der Waals surface area contributed by atoms with Gasteiger partial charge >= 0.3 is 6.18 Å². The molecule has 2 aromatic carbocycles. The Morgan fingerprint density at radius 2 is 1.91 bits per heavy atom. The van der Waals surface area contributed by atoms with Crippen molar-refractivity contribution in [2.24, 2.45) is 5.10 Å². The molecule has 2 aromatic heterocycles. The van der Waals surface area contributed by atoms with Crippen LogP contribution >= 0.6 is 11.3 Å². The van der Waals surface area contributed by atoms with Crippen LogP contribution in [-0.2, 0) is 6.18 Å². The fourth-order valence-corrected chi connectivity index (χ4v) is 3.65. The number of alkyl halides is 3. The van der Waals surface area contributed by atoms with Gasteiger partial charge < -0.3 is 0 Å². The predicted molar refractivity (Wildman–Crippen MR) is 118 cm³/mol. The maximum Gasteiger partial charge on any atom is 0.435 e. The predicted octanol–water partition coefficient (Wildman–Crippen LogP) is 4.69. The molecule has 172 valence electrons. The van der Waals surface area contributed by atoms with Gasteiger partial charge in [0.15, 0.2) is 5.69 Å². The number of nitro benzene ring substituents is 1. The van der Waals surface area contributed by atoms with E-state index in [-0.39, 0.29) is 22.2 Å². The molecule has 9 nitrogen and oxygen atoms in total. The molecule has 0 aliphatic carbocycles. The van der Waals surface area contributed by atoms with E-state index < -0.39 is 22.7 Å². The van der Waals surface area contributed by atoms with E-state index in [0.717, 1.165) is 22.1 Å². The molecule has 0 bridgehead atoms. The van der Waals surface area contributed by atoms with Crippen LogP contribution in [0.3, 0.4) is 0 Å². The van der Waals surface area contributed by atoms with Gasteiger partial charge in [-0.2, -0.15) is 23.4 Å². The van der Waals surface area contributed by atoms with Gasteiger partial charge in [0.1, 0.15) is 5.69 Å². The average molecular weight is 486 g/mol. The first kappa shape index (κ1) is 22.8. The third-order valence-corrected chi connectivity index (χ3v) is 5.25. The maximum atomic E-state index is 13.3. The average Bonchev–Trinajstić information content (AvgIpc) is 3.47. The van der Waals surface area contributed by atoms with Crippen molar-refractivity contribution in [2.45, 2.75) is 6.18 Å². The molecule has 0 radical (unpaired) electrons. The smallest absolute Gasteiger partial charge is 0.266 e. The first-order valence-corrected chi connectivity index (χ1v) is 10.4. The highest BCUT2D eigenvalue weighted by Gasteiger charge is 2.35. The van der Waals surface area contributed by atoms with E-state index in [4.69, 9.17) is 0 Å². The third kappa shape index (κ3) is 4.99. The van der Waals surface area contributed by atoms with Crippen LogP contribution in [0.15, 0.2) is 71.1 Å². The van der Waals surface area contributed by atoms with Crippen LogP contribution in [0, 0.1) is 10.1 Å². The number of nitro groups is 1. The van der Waals surface area contributed by atoms with Gasteiger partial charge in [-0.05, 0) is 6.07 Å². The summed E-state index contributed by atoms with van der Waals surface area (Å²) in [6.45, 7) is 0. The van der Waals surface area contributed by atoms with Gasteiger partial charge in [0, 0.05) is 28.6 Å². The summed E-state index contributed by atoms with van der Waals surface area (Å²) < 4.78 is 40.9. The van der Waals surface area contributed by atoms with Crippen LogP contribution in [-0.4, -0.2) is 31.8 Å². The fourth-order valence-electron chi connectivity index (χ4n) is 2.89.